The number of hydrogen-bond acceptors (Lipinski definition) is 4. The fraction of sp³-hybridized carbons (Fsp3) is 0.278. The van der Waals surface area contributed by atoms with Crippen LogP contribution in [0.25, 0.3) is 20.8 Å². The van der Waals surface area contributed by atoms with Gasteiger partial charge >= 0.3 is 0 Å². The van der Waals surface area contributed by atoms with Crippen LogP contribution in [-0.2, 0) is 0 Å². The Kier molecular flexibility index (Phi) is 3.94. The molecule has 0 aliphatic carbocycles. The number of rotatable bonds is 2. The van der Waals surface area contributed by atoms with E-state index in [1.54, 1.807) is 6.07 Å². The van der Waals surface area contributed by atoms with Crippen LogP contribution in [0.4, 0.5) is 14.5 Å². The second-order valence-electron chi connectivity index (χ2n) is 6.09. The first kappa shape index (κ1) is 15.5. The third-order valence-electron chi connectivity index (χ3n) is 4.37. The van der Waals surface area contributed by atoms with Crippen LogP contribution < -0.4 is 4.90 Å². The largest absolute Gasteiger partial charge is 0.367 e. The summed E-state index contributed by atoms with van der Waals surface area (Å²) in [6.45, 7) is 3.48. The van der Waals surface area contributed by atoms with Gasteiger partial charge in [-0.15, -0.1) is 11.3 Å². The minimum Gasteiger partial charge on any atom is -0.367 e. The monoisotopic (exact) mass is 345 g/mol. The highest BCUT2D eigenvalue weighted by Crippen LogP contribution is 2.34. The summed E-state index contributed by atoms with van der Waals surface area (Å²) in [5, 5.41) is 0.708. The standard InChI is InChI=1S/C18H17F2N3S/c1-22-5-7-23(8-6-22)16-11-17-15(10-14(16)20)21-18(24-17)12-3-2-4-13(19)9-12/h2-4,9-11H,5-8H2,1H3. The van der Waals surface area contributed by atoms with Gasteiger partial charge in [-0.2, -0.15) is 0 Å². The summed E-state index contributed by atoms with van der Waals surface area (Å²) in [4.78, 5) is 8.79. The lowest BCUT2D eigenvalue weighted by molar-refractivity contribution is 0.312. The maximum Gasteiger partial charge on any atom is 0.148 e. The quantitative estimate of drug-likeness (QED) is 0.700. The Balaban J connectivity index is 1.72. The Bertz CT molecular complexity index is 885. The Morgan fingerprint density at radius 1 is 1.04 bits per heavy atom. The second-order valence-corrected chi connectivity index (χ2v) is 7.12. The summed E-state index contributed by atoms with van der Waals surface area (Å²) < 4.78 is 28.9. The van der Waals surface area contributed by atoms with Gasteiger partial charge < -0.3 is 9.80 Å². The molecule has 1 saturated heterocycles. The van der Waals surface area contributed by atoms with Crippen LogP contribution in [0.2, 0.25) is 0 Å². The summed E-state index contributed by atoms with van der Waals surface area (Å²) in [7, 11) is 2.07. The molecule has 1 aromatic heterocycles. The SMILES string of the molecule is CN1CCN(c2cc3sc(-c4cccc(F)c4)nc3cc2F)CC1. The van der Waals surface area contributed by atoms with Gasteiger partial charge in [0.25, 0.3) is 0 Å². The lowest BCUT2D eigenvalue weighted by Gasteiger charge is -2.34. The molecular formula is C18H17F2N3S. The van der Waals surface area contributed by atoms with E-state index in [0.29, 0.717) is 16.2 Å². The summed E-state index contributed by atoms with van der Waals surface area (Å²) in [5.41, 5.74) is 1.97. The maximum absolute atomic E-state index is 14.5. The molecule has 2 aromatic carbocycles. The van der Waals surface area contributed by atoms with Crippen molar-refractivity contribution in [2.75, 3.05) is 38.1 Å². The van der Waals surface area contributed by atoms with E-state index in [-0.39, 0.29) is 11.6 Å². The van der Waals surface area contributed by atoms with Crippen molar-refractivity contribution >= 4 is 27.2 Å². The van der Waals surface area contributed by atoms with E-state index in [4.69, 9.17) is 0 Å². The molecule has 0 amide bonds. The Hall–Kier alpha value is -2.05. The third kappa shape index (κ3) is 2.87. The van der Waals surface area contributed by atoms with Gasteiger partial charge in [-0.25, -0.2) is 13.8 Å². The first-order chi connectivity index (χ1) is 11.6. The number of thiazole rings is 1. The van der Waals surface area contributed by atoms with Gasteiger partial charge in [-0.05, 0) is 25.2 Å². The minimum absolute atomic E-state index is 0.247. The molecule has 0 unspecified atom stereocenters. The molecule has 3 nitrogen and oxygen atoms in total. The number of nitrogens with zero attached hydrogens (tertiary/aromatic N) is 3. The Morgan fingerprint density at radius 3 is 2.58 bits per heavy atom. The molecule has 0 saturated carbocycles. The molecule has 4 rings (SSSR count). The van der Waals surface area contributed by atoms with Crippen LogP contribution in [0.5, 0.6) is 0 Å². The molecule has 6 heteroatoms. The second kappa shape index (κ2) is 6.11. The number of aromatic nitrogens is 1. The van der Waals surface area contributed by atoms with Crippen molar-refractivity contribution in [2.45, 2.75) is 0 Å². The van der Waals surface area contributed by atoms with Crippen LogP contribution >= 0.6 is 11.3 Å². The van der Waals surface area contributed by atoms with E-state index in [0.717, 1.165) is 36.4 Å². The molecule has 24 heavy (non-hydrogen) atoms. The fourth-order valence-corrected chi connectivity index (χ4v) is 3.95. The van der Waals surface area contributed by atoms with Crippen molar-refractivity contribution in [1.82, 2.24) is 9.88 Å². The van der Waals surface area contributed by atoms with Gasteiger partial charge in [-0.3, -0.25) is 0 Å². The predicted octanol–water partition coefficient (Wildman–Crippen LogP) is 3.99. The molecule has 1 fully saturated rings. The molecule has 0 radical (unpaired) electrons. The van der Waals surface area contributed by atoms with E-state index in [1.807, 2.05) is 12.1 Å². The molecule has 124 valence electrons. The molecule has 0 spiro atoms. The van der Waals surface area contributed by atoms with Gasteiger partial charge in [0.15, 0.2) is 0 Å². The third-order valence-corrected chi connectivity index (χ3v) is 5.44. The fourth-order valence-electron chi connectivity index (χ4n) is 2.97. The topological polar surface area (TPSA) is 19.4 Å². The Morgan fingerprint density at radius 2 is 1.83 bits per heavy atom. The smallest absolute Gasteiger partial charge is 0.148 e. The van der Waals surface area contributed by atoms with Crippen molar-refractivity contribution < 1.29 is 8.78 Å². The average Bonchev–Trinajstić information content (AvgIpc) is 2.98. The molecule has 0 N–H and O–H groups in total. The highest BCUT2D eigenvalue weighted by atomic mass is 32.1. The van der Waals surface area contributed by atoms with Gasteiger partial charge in [-0.1, -0.05) is 12.1 Å². The minimum atomic E-state index is -0.295. The summed E-state index contributed by atoms with van der Waals surface area (Å²) >= 11 is 1.46. The van der Waals surface area contributed by atoms with E-state index >= 15 is 0 Å². The zero-order valence-electron chi connectivity index (χ0n) is 13.3. The summed E-state index contributed by atoms with van der Waals surface area (Å²) in [6.07, 6.45) is 0. The molecule has 1 aliphatic rings. The average molecular weight is 345 g/mol. The van der Waals surface area contributed by atoms with Gasteiger partial charge in [0.2, 0.25) is 0 Å². The summed E-state index contributed by atoms with van der Waals surface area (Å²) in [6, 6.07) is 9.70. The molecule has 3 aromatic rings. The Labute approximate surface area is 143 Å². The molecular weight excluding hydrogens is 328 g/mol. The van der Waals surface area contributed by atoms with Crippen LogP contribution in [0.1, 0.15) is 0 Å². The van der Waals surface area contributed by atoms with Crippen LogP contribution in [0.3, 0.4) is 0 Å². The molecule has 0 atom stereocenters. The lowest BCUT2D eigenvalue weighted by atomic mass is 10.2. The van der Waals surface area contributed by atoms with E-state index in [9.17, 15) is 8.78 Å². The van der Waals surface area contributed by atoms with Gasteiger partial charge in [0, 0.05) is 37.8 Å². The zero-order chi connectivity index (χ0) is 16.7. The van der Waals surface area contributed by atoms with Crippen molar-refractivity contribution in [3.05, 3.63) is 48.0 Å². The predicted molar refractivity (Wildman–Crippen MR) is 94.7 cm³/mol. The van der Waals surface area contributed by atoms with Crippen LogP contribution in [0, 0.1) is 11.6 Å². The zero-order valence-corrected chi connectivity index (χ0v) is 14.1. The molecule has 2 heterocycles. The number of hydrogen-bond donors (Lipinski definition) is 0. The molecule has 0 bridgehead atoms. The lowest BCUT2D eigenvalue weighted by Crippen LogP contribution is -2.44. The molecule has 1 aliphatic heterocycles. The highest BCUT2D eigenvalue weighted by molar-refractivity contribution is 7.21. The number of halogens is 2. The van der Waals surface area contributed by atoms with E-state index in [2.05, 4.69) is 21.8 Å². The number of benzene rings is 2. The summed E-state index contributed by atoms with van der Waals surface area (Å²) in [5.74, 6) is -0.542. The van der Waals surface area contributed by atoms with Crippen molar-refractivity contribution in [3.8, 4) is 10.6 Å². The first-order valence-electron chi connectivity index (χ1n) is 7.90. The number of fused-ring (bicyclic) bond motifs is 1. The van der Waals surface area contributed by atoms with Crippen LogP contribution in [0.15, 0.2) is 36.4 Å². The number of piperazine rings is 1. The number of anilines is 1. The number of likely N-dealkylation sites (N-methyl/N-ethyl adjacent to an activating group) is 1. The highest BCUT2D eigenvalue weighted by Gasteiger charge is 2.19. The normalized spacial score (nSPS) is 16.0. The van der Waals surface area contributed by atoms with Gasteiger partial charge in [0.05, 0.1) is 15.9 Å². The van der Waals surface area contributed by atoms with Crippen molar-refractivity contribution in [2.24, 2.45) is 0 Å². The van der Waals surface area contributed by atoms with Gasteiger partial charge in [0.1, 0.15) is 16.6 Å². The maximum atomic E-state index is 14.5. The van der Waals surface area contributed by atoms with E-state index in [1.165, 1.54) is 29.5 Å². The van der Waals surface area contributed by atoms with E-state index < -0.39 is 0 Å². The van der Waals surface area contributed by atoms with Crippen LogP contribution in [-0.4, -0.2) is 43.1 Å². The first-order valence-corrected chi connectivity index (χ1v) is 8.71. The van der Waals surface area contributed by atoms with Crippen molar-refractivity contribution in [3.63, 3.8) is 0 Å². The van der Waals surface area contributed by atoms with Crippen molar-refractivity contribution in [1.29, 1.82) is 0 Å².